The van der Waals surface area contributed by atoms with Crippen LogP contribution in [0.4, 0.5) is 8.78 Å². The summed E-state index contributed by atoms with van der Waals surface area (Å²) in [5.41, 5.74) is 5.71. The molecule has 0 spiro atoms. The maximum absolute atomic E-state index is 14.9. The van der Waals surface area contributed by atoms with Gasteiger partial charge in [0.1, 0.15) is 11.6 Å². The Morgan fingerprint density at radius 1 is 0.512 bits per heavy atom. The molecule has 0 aliphatic heterocycles. The van der Waals surface area contributed by atoms with Crippen LogP contribution in [-0.2, 0) is 15.4 Å². The molecule has 1 heterocycles. The monoisotopic (exact) mass is 591 g/mol. The molecule has 6 rings (SSSR count). The predicted octanol–water partition coefficient (Wildman–Crippen LogP) is 9.30. The average Bonchev–Trinajstić information content (AvgIpc) is 3.30. The van der Waals surface area contributed by atoms with E-state index in [0.29, 0.717) is 15.9 Å². The highest BCUT2D eigenvalue weighted by Crippen LogP contribution is 2.43. The van der Waals surface area contributed by atoms with Crippen LogP contribution < -0.4 is 15.9 Å². The van der Waals surface area contributed by atoms with Crippen LogP contribution in [-0.4, -0.2) is 4.57 Å². The largest absolute Gasteiger partial charge is 0.309 e. The topological polar surface area (TPSA) is 22.0 Å². The van der Waals surface area contributed by atoms with Crippen LogP contribution in [0.2, 0.25) is 0 Å². The van der Waals surface area contributed by atoms with Crippen molar-refractivity contribution in [2.24, 2.45) is 0 Å². The van der Waals surface area contributed by atoms with Gasteiger partial charge in [-0.25, -0.2) is 8.78 Å². The van der Waals surface area contributed by atoms with E-state index in [1.165, 1.54) is 46.2 Å². The number of fused-ring (bicyclic) bond motifs is 3. The Bertz CT molecular complexity index is 1890. The Balaban J connectivity index is 1.55. The molecule has 0 aliphatic rings. The van der Waals surface area contributed by atoms with E-state index in [9.17, 15) is 13.3 Å². The Hall–Kier alpha value is -4.01. The SMILES string of the molecule is CC(C)(C)c1ccc2c(c1)c1cc(C(C)(C)C)ccc1n2-c1ccc(P(=O)(c2ccc(F)cc2)c2ccc(F)cc2)cc1. The van der Waals surface area contributed by atoms with Crippen molar-refractivity contribution in [3.63, 3.8) is 0 Å². The molecule has 0 saturated heterocycles. The predicted molar refractivity (Wildman–Crippen MR) is 177 cm³/mol. The highest BCUT2D eigenvalue weighted by molar-refractivity contribution is 7.85. The number of benzene rings is 5. The fourth-order valence-corrected chi connectivity index (χ4v) is 8.40. The van der Waals surface area contributed by atoms with Crippen molar-refractivity contribution in [1.29, 1.82) is 0 Å². The summed E-state index contributed by atoms with van der Waals surface area (Å²) in [5, 5.41) is 3.98. The molecule has 5 heteroatoms. The highest BCUT2D eigenvalue weighted by atomic mass is 31.2. The minimum atomic E-state index is -3.40. The number of hydrogen-bond acceptors (Lipinski definition) is 1. The van der Waals surface area contributed by atoms with E-state index >= 15 is 0 Å². The van der Waals surface area contributed by atoms with Gasteiger partial charge in [0.15, 0.2) is 7.14 Å². The summed E-state index contributed by atoms with van der Waals surface area (Å²) >= 11 is 0. The van der Waals surface area contributed by atoms with Crippen LogP contribution in [0.1, 0.15) is 52.7 Å². The van der Waals surface area contributed by atoms with Crippen molar-refractivity contribution in [3.8, 4) is 5.69 Å². The van der Waals surface area contributed by atoms with Gasteiger partial charge in [-0.05, 0) is 119 Å². The molecule has 0 fully saturated rings. The minimum Gasteiger partial charge on any atom is -0.309 e. The van der Waals surface area contributed by atoms with E-state index in [1.54, 1.807) is 24.3 Å². The molecule has 43 heavy (non-hydrogen) atoms. The van der Waals surface area contributed by atoms with Crippen LogP contribution >= 0.6 is 7.14 Å². The fourth-order valence-electron chi connectivity index (χ4n) is 5.80. The molecule has 218 valence electrons. The first-order valence-corrected chi connectivity index (χ1v) is 16.3. The molecule has 5 aromatic carbocycles. The quantitative estimate of drug-likeness (QED) is 0.187. The van der Waals surface area contributed by atoms with E-state index in [2.05, 4.69) is 82.5 Å². The van der Waals surface area contributed by atoms with Gasteiger partial charge in [-0.3, -0.25) is 0 Å². The molecule has 1 aromatic heterocycles. The van der Waals surface area contributed by atoms with E-state index in [0.717, 1.165) is 16.7 Å². The van der Waals surface area contributed by atoms with Gasteiger partial charge >= 0.3 is 0 Å². The van der Waals surface area contributed by atoms with E-state index < -0.39 is 18.8 Å². The zero-order valence-electron chi connectivity index (χ0n) is 25.5. The first-order valence-electron chi connectivity index (χ1n) is 14.6. The third kappa shape index (κ3) is 5.12. The van der Waals surface area contributed by atoms with Crippen molar-refractivity contribution in [2.45, 2.75) is 52.4 Å². The maximum Gasteiger partial charge on any atom is 0.171 e. The smallest absolute Gasteiger partial charge is 0.171 e. The summed E-state index contributed by atoms with van der Waals surface area (Å²) < 4.78 is 44.8. The molecule has 0 atom stereocenters. The van der Waals surface area contributed by atoms with Gasteiger partial charge in [0.2, 0.25) is 0 Å². The first-order chi connectivity index (χ1) is 20.3. The Kier molecular flexibility index (Phi) is 6.98. The van der Waals surface area contributed by atoms with Gasteiger partial charge in [0.25, 0.3) is 0 Å². The standard InChI is InChI=1S/C38H36F2NOP/c1-37(2,3)25-7-21-35-33(23-25)34-24-26(38(4,5)6)8-22-36(34)41(35)29-13-19-32(20-14-29)43(42,30-15-9-27(39)10-16-30)31-17-11-28(40)12-18-31/h7-24H,1-6H3. The molecule has 0 saturated carbocycles. The first kappa shape index (κ1) is 29.1. The second kappa shape index (κ2) is 10.3. The molecule has 0 unspecified atom stereocenters. The van der Waals surface area contributed by atoms with Gasteiger partial charge in [-0.15, -0.1) is 0 Å². The lowest BCUT2D eigenvalue weighted by molar-refractivity contribution is 0.590. The Morgan fingerprint density at radius 2 is 0.860 bits per heavy atom. The van der Waals surface area contributed by atoms with Crippen LogP contribution in [0.25, 0.3) is 27.5 Å². The normalized spacial score (nSPS) is 12.7. The zero-order valence-corrected chi connectivity index (χ0v) is 26.3. The number of halogens is 2. The second-order valence-electron chi connectivity index (χ2n) is 13.4. The number of hydrogen-bond donors (Lipinski definition) is 0. The number of aromatic nitrogens is 1. The van der Waals surface area contributed by atoms with Gasteiger partial charge in [-0.1, -0.05) is 53.7 Å². The summed E-state index contributed by atoms with van der Waals surface area (Å²) in [6, 6.07) is 32.6. The Morgan fingerprint density at radius 3 is 1.21 bits per heavy atom. The highest BCUT2D eigenvalue weighted by Gasteiger charge is 2.30. The zero-order chi connectivity index (χ0) is 30.7. The van der Waals surface area contributed by atoms with Crippen molar-refractivity contribution < 1.29 is 13.3 Å². The van der Waals surface area contributed by atoms with E-state index in [1.807, 2.05) is 24.3 Å². The molecular formula is C38H36F2NOP. The molecule has 2 nitrogen and oxygen atoms in total. The van der Waals surface area contributed by atoms with Gasteiger partial charge in [-0.2, -0.15) is 0 Å². The van der Waals surface area contributed by atoms with Crippen LogP contribution in [0.5, 0.6) is 0 Å². The summed E-state index contributed by atoms with van der Waals surface area (Å²) in [6.07, 6.45) is 0. The van der Waals surface area contributed by atoms with Crippen molar-refractivity contribution >= 4 is 44.9 Å². The minimum absolute atomic E-state index is 0.00770. The van der Waals surface area contributed by atoms with Gasteiger partial charge in [0, 0.05) is 32.4 Å². The third-order valence-corrected chi connectivity index (χ3v) is 11.4. The molecule has 0 N–H and O–H groups in total. The molecule has 0 bridgehead atoms. The average molecular weight is 592 g/mol. The summed E-state index contributed by atoms with van der Waals surface area (Å²) in [4.78, 5) is 0. The van der Waals surface area contributed by atoms with Crippen LogP contribution in [0.3, 0.4) is 0 Å². The van der Waals surface area contributed by atoms with E-state index in [-0.39, 0.29) is 10.8 Å². The van der Waals surface area contributed by atoms with Crippen molar-refractivity contribution in [1.82, 2.24) is 4.57 Å². The van der Waals surface area contributed by atoms with Crippen LogP contribution in [0, 0.1) is 11.6 Å². The second-order valence-corrected chi connectivity index (χ2v) is 16.1. The summed E-state index contributed by atoms with van der Waals surface area (Å²) in [6.45, 7) is 13.4. The van der Waals surface area contributed by atoms with Gasteiger partial charge in [0.05, 0.1) is 11.0 Å². The molecule has 0 radical (unpaired) electrons. The van der Waals surface area contributed by atoms with E-state index in [4.69, 9.17) is 0 Å². The summed E-state index contributed by atoms with van der Waals surface area (Å²) in [7, 11) is -3.40. The lowest BCUT2D eigenvalue weighted by Gasteiger charge is -2.21. The van der Waals surface area contributed by atoms with Gasteiger partial charge < -0.3 is 9.13 Å². The summed E-state index contributed by atoms with van der Waals surface area (Å²) in [5.74, 6) is -0.805. The number of nitrogens with zero attached hydrogens (tertiary/aromatic N) is 1. The van der Waals surface area contributed by atoms with Crippen molar-refractivity contribution in [2.75, 3.05) is 0 Å². The van der Waals surface area contributed by atoms with Crippen LogP contribution in [0.15, 0.2) is 109 Å². The number of rotatable bonds is 4. The van der Waals surface area contributed by atoms with Crippen molar-refractivity contribution in [3.05, 3.63) is 132 Å². The lowest BCUT2D eigenvalue weighted by Crippen LogP contribution is -2.25. The fraction of sp³-hybridized carbons (Fsp3) is 0.211. The lowest BCUT2D eigenvalue weighted by atomic mass is 9.85. The molecule has 6 aromatic rings. The molecule has 0 amide bonds. The Labute approximate surface area is 252 Å². The molecular weight excluding hydrogens is 555 g/mol. The molecule has 0 aliphatic carbocycles. The maximum atomic E-state index is 14.9. The third-order valence-electron chi connectivity index (χ3n) is 8.35.